The van der Waals surface area contributed by atoms with Crippen molar-refractivity contribution < 1.29 is 14.4 Å². The van der Waals surface area contributed by atoms with E-state index in [1.807, 2.05) is 42.2 Å². The number of carbonyl (C=O) groups is 3. The number of hydrogen-bond donors (Lipinski definition) is 2. The number of piperidine rings is 2. The number of likely N-dealkylation sites (tertiary alicyclic amines) is 2. The molecule has 2 heterocycles. The molecule has 0 aromatic heterocycles. The lowest BCUT2D eigenvalue weighted by Crippen LogP contribution is -2.50. The third-order valence-corrected chi connectivity index (χ3v) is 7.23. The minimum atomic E-state index is -0.332. The Morgan fingerprint density at radius 3 is 2.36 bits per heavy atom. The summed E-state index contributed by atoms with van der Waals surface area (Å²) in [5.41, 5.74) is 3.88. The molecule has 4 rings (SSSR count). The highest BCUT2D eigenvalue weighted by molar-refractivity contribution is 5.97. The van der Waals surface area contributed by atoms with Crippen LogP contribution in [-0.2, 0) is 4.79 Å². The Morgan fingerprint density at radius 1 is 0.972 bits per heavy atom. The van der Waals surface area contributed by atoms with Gasteiger partial charge in [-0.05, 0) is 73.9 Å². The highest BCUT2D eigenvalue weighted by atomic mass is 16.2. The van der Waals surface area contributed by atoms with Gasteiger partial charge >= 0.3 is 6.03 Å². The van der Waals surface area contributed by atoms with Crippen molar-refractivity contribution in [1.29, 1.82) is 5.26 Å². The maximum atomic E-state index is 13.2. The summed E-state index contributed by atoms with van der Waals surface area (Å²) in [6.07, 6.45) is 3.42. The zero-order valence-corrected chi connectivity index (χ0v) is 20.9. The molecule has 2 aromatic carbocycles. The zero-order valence-electron chi connectivity index (χ0n) is 20.9. The van der Waals surface area contributed by atoms with Crippen molar-refractivity contribution in [3.05, 3.63) is 64.7 Å². The first-order chi connectivity index (χ1) is 17.3. The molecule has 0 radical (unpaired) electrons. The molecule has 8 nitrogen and oxygen atoms in total. The summed E-state index contributed by atoms with van der Waals surface area (Å²) < 4.78 is 0. The fourth-order valence-electron chi connectivity index (χ4n) is 5.04. The molecule has 4 amide bonds. The van der Waals surface area contributed by atoms with Crippen molar-refractivity contribution in [2.24, 2.45) is 0 Å². The normalized spacial score (nSPS) is 18.3. The number of urea groups is 1. The molecule has 2 aliphatic heterocycles. The van der Waals surface area contributed by atoms with Crippen LogP contribution >= 0.6 is 0 Å². The van der Waals surface area contributed by atoms with E-state index in [2.05, 4.69) is 16.7 Å². The van der Waals surface area contributed by atoms with Crippen LogP contribution in [0.1, 0.15) is 65.6 Å². The van der Waals surface area contributed by atoms with Crippen molar-refractivity contribution in [1.82, 2.24) is 15.1 Å². The van der Waals surface area contributed by atoms with Crippen LogP contribution in [0.15, 0.2) is 42.5 Å². The van der Waals surface area contributed by atoms with Crippen LogP contribution < -0.4 is 10.6 Å². The number of benzene rings is 2. The summed E-state index contributed by atoms with van der Waals surface area (Å²) in [4.78, 5) is 41.2. The highest BCUT2D eigenvalue weighted by Crippen LogP contribution is 2.29. The first-order valence-corrected chi connectivity index (χ1v) is 12.6. The standard InChI is InChI=1S/C28H33N5O3/c1-19-5-8-24(16-26(19)31-28(36)30-25-4-3-13-33(18-25)20(2)34)27(35)32-14-11-23(12-15-32)22-9-6-21(17-29)7-10-22/h5-10,16,23,25H,3-4,11-15,18H2,1-2H3,(H2,30,31,36). The van der Waals surface area contributed by atoms with Crippen LogP contribution in [0.3, 0.4) is 0 Å². The second-order valence-electron chi connectivity index (χ2n) is 9.73. The van der Waals surface area contributed by atoms with Crippen molar-refractivity contribution >= 4 is 23.5 Å². The molecule has 2 N–H and O–H groups in total. The molecule has 0 aliphatic carbocycles. The molecule has 8 heteroatoms. The molecule has 2 aliphatic rings. The van der Waals surface area contributed by atoms with Gasteiger partial charge in [-0.25, -0.2) is 4.79 Å². The SMILES string of the molecule is CC(=O)N1CCCC(NC(=O)Nc2cc(C(=O)N3CCC(c4ccc(C#N)cc4)CC3)ccc2C)C1. The van der Waals surface area contributed by atoms with Gasteiger partial charge in [0.25, 0.3) is 5.91 Å². The van der Waals surface area contributed by atoms with E-state index in [1.165, 1.54) is 5.56 Å². The van der Waals surface area contributed by atoms with Gasteiger partial charge in [0.2, 0.25) is 5.91 Å². The van der Waals surface area contributed by atoms with Crippen molar-refractivity contribution in [3.63, 3.8) is 0 Å². The topological polar surface area (TPSA) is 106 Å². The van der Waals surface area contributed by atoms with Crippen molar-refractivity contribution in [3.8, 4) is 6.07 Å². The van der Waals surface area contributed by atoms with Gasteiger partial charge in [0.1, 0.15) is 0 Å². The number of amides is 4. The molecular formula is C28H33N5O3. The van der Waals surface area contributed by atoms with Crippen molar-refractivity contribution in [2.45, 2.75) is 51.5 Å². The summed E-state index contributed by atoms with van der Waals surface area (Å²) in [7, 11) is 0. The molecule has 2 aromatic rings. The monoisotopic (exact) mass is 487 g/mol. The Labute approximate surface area is 212 Å². The Hall–Kier alpha value is -3.86. The smallest absolute Gasteiger partial charge is 0.319 e. The third-order valence-electron chi connectivity index (χ3n) is 7.23. The Kier molecular flexibility index (Phi) is 7.89. The lowest BCUT2D eigenvalue weighted by molar-refractivity contribution is -0.130. The number of anilines is 1. The van der Waals surface area contributed by atoms with Crippen LogP contribution in [0.4, 0.5) is 10.5 Å². The molecular weight excluding hydrogens is 454 g/mol. The average Bonchev–Trinajstić information content (AvgIpc) is 2.90. The average molecular weight is 488 g/mol. The molecule has 36 heavy (non-hydrogen) atoms. The Morgan fingerprint density at radius 2 is 1.69 bits per heavy atom. The maximum Gasteiger partial charge on any atom is 0.319 e. The van der Waals surface area contributed by atoms with E-state index in [-0.39, 0.29) is 23.9 Å². The van der Waals surface area contributed by atoms with E-state index in [0.717, 1.165) is 37.8 Å². The molecule has 0 spiro atoms. The molecule has 1 atom stereocenters. The number of rotatable bonds is 4. The van der Waals surface area contributed by atoms with E-state index in [4.69, 9.17) is 5.26 Å². The zero-order chi connectivity index (χ0) is 25.7. The summed E-state index contributed by atoms with van der Waals surface area (Å²) in [6, 6.07) is 14.8. The lowest BCUT2D eigenvalue weighted by atomic mass is 9.89. The van der Waals surface area contributed by atoms with Crippen LogP contribution in [0, 0.1) is 18.3 Å². The van der Waals surface area contributed by atoms with E-state index >= 15 is 0 Å². The number of hydrogen-bond acceptors (Lipinski definition) is 4. The van der Waals surface area contributed by atoms with E-state index in [1.54, 1.807) is 24.0 Å². The first-order valence-electron chi connectivity index (χ1n) is 12.6. The summed E-state index contributed by atoms with van der Waals surface area (Å²) in [6.45, 7) is 6.00. The Balaban J connectivity index is 1.34. The van der Waals surface area contributed by atoms with Crippen LogP contribution in [-0.4, -0.2) is 59.9 Å². The first kappa shape index (κ1) is 25.2. The van der Waals surface area contributed by atoms with Gasteiger partial charge in [-0.3, -0.25) is 9.59 Å². The second kappa shape index (κ2) is 11.3. The minimum absolute atomic E-state index is 0.0184. The summed E-state index contributed by atoms with van der Waals surface area (Å²) >= 11 is 0. The van der Waals surface area contributed by atoms with E-state index in [9.17, 15) is 14.4 Å². The van der Waals surface area contributed by atoms with Crippen molar-refractivity contribution in [2.75, 3.05) is 31.5 Å². The van der Waals surface area contributed by atoms with Crippen LogP contribution in [0.5, 0.6) is 0 Å². The molecule has 188 valence electrons. The number of nitrogens with one attached hydrogen (secondary N) is 2. The molecule has 0 bridgehead atoms. The van der Waals surface area contributed by atoms with E-state index < -0.39 is 0 Å². The fourth-order valence-corrected chi connectivity index (χ4v) is 5.04. The van der Waals surface area contributed by atoms with Gasteiger partial charge in [0.15, 0.2) is 0 Å². The number of carbonyl (C=O) groups excluding carboxylic acids is 3. The predicted molar refractivity (Wildman–Crippen MR) is 138 cm³/mol. The molecule has 0 saturated carbocycles. The highest BCUT2D eigenvalue weighted by Gasteiger charge is 2.26. The fraction of sp³-hybridized carbons (Fsp3) is 0.429. The van der Waals surface area contributed by atoms with Crippen LogP contribution in [0.25, 0.3) is 0 Å². The predicted octanol–water partition coefficient (Wildman–Crippen LogP) is 4.02. The number of aryl methyl sites for hydroxylation is 1. The number of nitriles is 1. The number of nitrogens with zero attached hydrogens (tertiary/aromatic N) is 3. The quantitative estimate of drug-likeness (QED) is 0.679. The Bertz CT molecular complexity index is 1160. The molecule has 1 unspecified atom stereocenters. The minimum Gasteiger partial charge on any atom is -0.341 e. The second-order valence-corrected chi connectivity index (χ2v) is 9.73. The third kappa shape index (κ3) is 6.03. The van der Waals surface area contributed by atoms with Gasteiger partial charge in [0.05, 0.1) is 11.6 Å². The summed E-state index contributed by atoms with van der Waals surface area (Å²) in [5, 5.41) is 14.8. The van der Waals surface area contributed by atoms with Gasteiger partial charge in [-0.2, -0.15) is 5.26 Å². The molecule has 2 saturated heterocycles. The molecule has 2 fully saturated rings. The maximum absolute atomic E-state index is 13.2. The van der Waals surface area contributed by atoms with Gasteiger partial charge in [-0.15, -0.1) is 0 Å². The van der Waals surface area contributed by atoms with Gasteiger partial charge < -0.3 is 20.4 Å². The van der Waals surface area contributed by atoms with Gasteiger partial charge in [-0.1, -0.05) is 18.2 Å². The summed E-state index contributed by atoms with van der Waals surface area (Å²) in [5.74, 6) is 0.352. The largest absolute Gasteiger partial charge is 0.341 e. The van der Waals surface area contributed by atoms with Crippen LogP contribution in [0.2, 0.25) is 0 Å². The lowest BCUT2D eigenvalue weighted by Gasteiger charge is -2.33. The van der Waals surface area contributed by atoms with E-state index in [0.29, 0.717) is 42.4 Å². The van der Waals surface area contributed by atoms with Gasteiger partial charge in [0, 0.05) is 50.4 Å².